The third-order valence-electron chi connectivity index (χ3n) is 4.93. The van der Waals surface area contributed by atoms with Crippen molar-refractivity contribution in [3.63, 3.8) is 0 Å². The van der Waals surface area contributed by atoms with E-state index in [2.05, 4.69) is 35.8 Å². The third-order valence-corrected chi connectivity index (χ3v) is 4.93. The fourth-order valence-electron chi connectivity index (χ4n) is 3.42. The highest BCUT2D eigenvalue weighted by Gasteiger charge is 2.19. The Morgan fingerprint density at radius 2 is 2.07 bits per heavy atom. The average Bonchev–Trinajstić information content (AvgIpc) is 3.36. The van der Waals surface area contributed by atoms with Crippen molar-refractivity contribution in [3.8, 4) is 0 Å². The molecular formula is C19H19N7O2. The van der Waals surface area contributed by atoms with Crippen LogP contribution >= 0.6 is 0 Å². The number of carbonyl (C=O) groups is 1. The number of amides is 1. The second-order valence-electron chi connectivity index (χ2n) is 6.82. The van der Waals surface area contributed by atoms with Crippen LogP contribution < -0.4 is 10.6 Å². The van der Waals surface area contributed by atoms with Gasteiger partial charge in [0, 0.05) is 30.3 Å². The number of ether oxygens (including phenoxy) is 1. The maximum Gasteiger partial charge on any atom is 0.267 e. The summed E-state index contributed by atoms with van der Waals surface area (Å²) in [6.45, 7) is 1.36. The molecule has 0 bridgehead atoms. The quantitative estimate of drug-likeness (QED) is 0.434. The Labute approximate surface area is 159 Å². The molecule has 1 amide bonds. The molecule has 3 aromatic heterocycles. The van der Waals surface area contributed by atoms with Crippen LogP contribution in [0.25, 0.3) is 21.9 Å². The molecule has 5 rings (SSSR count). The van der Waals surface area contributed by atoms with Crippen LogP contribution in [0.4, 0.5) is 11.5 Å². The zero-order valence-electron chi connectivity index (χ0n) is 15.0. The lowest BCUT2D eigenvalue weighted by Crippen LogP contribution is -2.39. The van der Waals surface area contributed by atoms with Gasteiger partial charge >= 0.3 is 0 Å². The van der Waals surface area contributed by atoms with Crippen LogP contribution in [-0.2, 0) is 4.74 Å². The van der Waals surface area contributed by atoms with Gasteiger partial charge in [-0.15, -0.1) is 0 Å². The number of aromatic nitrogens is 5. The summed E-state index contributed by atoms with van der Waals surface area (Å²) in [6, 6.07) is 7.80. The molecule has 0 atom stereocenters. The van der Waals surface area contributed by atoms with Crippen LogP contribution in [0.3, 0.4) is 0 Å². The predicted molar refractivity (Wildman–Crippen MR) is 105 cm³/mol. The first-order valence-corrected chi connectivity index (χ1v) is 9.19. The normalized spacial score (nSPS) is 15.1. The molecule has 0 saturated carbocycles. The fourth-order valence-corrected chi connectivity index (χ4v) is 3.42. The molecule has 1 fully saturated rings. The summed E-state index contributed by atoms with van der Waals surface area (Å²) < 4.78 is 5.34. The number of anilines is 2. The van der Waals surface area contributed by atoms with Gasteiger partial charge in [0.05, 0.1) is 17.1 Å². The highest BCUT2D eigenvalue weighted by Crippen LogP contribution is 2.25. The molecule has 4 N–H and O–H groups in total. The van der Waals surface area contributed by atoms with Crippen LogP contribution in [-0.4, -0.2) is 50.3 Å². The summed E-state index contributed by atoms with van der Waals surface area (Å²) in [6.07, 6.45) is 4.90. The van der Waals surface area contributed by atoms with Crippen molar-refractivity contribution in [3.05, 3.63) is 42.5 Å². The minimum absolute atomic E-state index is 0.137. The van der Waals surface area contributed by atoms with E-state index in [1.807, 2.05) is 18.2 Å². The van der Waals surface area contributed by atoms with Crippen molar-refractivity contribution in [1.29, 1.82) is 0 Å². The number of rotatable bonds is 4. The highest BCUT2D eigenvalue weighted by atomic mass is 16.5. The molecule has 4 aromatic rings. The molecule has 0 aliphatic carbocycles. The summed E-state index contributed by atoms with van der Waals surface area (Å²) in [7, 11) is 0. The number of aromatic amines is 2. The number of nitrogens with one attached hydrogen (secondary N) is 4. The molecular weight excluding hydrogens is 358 g/mol. The van der Waals surface area contributed by atoms with Gasteiger partial charge in [0.15, 0.2) is 0 Å². The summed E-state index contributed by atoms with van der Waals surface area (Å²) >= 11 is 0. The number of carbonyl (C=O) groups excluding carboxylic acids is 1. The predicted octanol–water partition coefficient (Wildman–Crippen LogP) is 2.49. The van der Waals surface area contributed by atoms with Crippen molar-refractivity contribution >= 4 is 39.3 Å². The van der Waals surface area contributed by atoms with Crippen LogP contribution in [0, 0.1) is 0 Å². The first-order chi connectivity index (χ1) is 13.8. The molecule has 4 heterocycles. The molecule has 9 heteroatoms. The Hall–Kier alpha value is -3.46. The molecule has 9 nitrogen and oxygen atoms in total. The lowest BCUT2D eigenvalue weighted by atomic mass is 10.1. The Morgan fingerprint density at radius 1 is 1.18 bits per heavy atom. The van der Waals surface area contributed by atoms with Crippen molar-refractivity contribution in [2.24, 2.45) is 0 Å². The van der Waals surface area contributed by atoms with Crippen molar-refractivity contribution in [2.45, 2.75) is 18.9 Å². The zero-order chi connectivity index (χ0) is 18.9. The minimum Gasteiger partial charge on any atom is -0.381 e. The second-order valence-corrected chi connectivity index (χ2v) is 6.82. The van der Waals surface area contributed by atoms with Crippen molar-refractivity contribution < 1.29 is 9.53 Å². The van der Waals surface area contributed by atoms with Gasteiger partial charge in [-0.25, -0.2) is 9.97 Å². The molecule has 1 aromatic carbocycles. The van der Waals surface area contributed by atoms with E-state index in [1.54, 1.807) is 12.3 Å². The Morgan fingerprint density at radius 3 is 2.96 bits per heavy atom. The maximum absolute atomic E-state index is 12.6. The molecule has 0 radical (unpaired) electrons. The van der Waals surface area contributed by atoms with Gasteiger partial charge in [0.25, 0.3) is 5.91 Å². The van der Waals surface area contributed by atoms with E-state index in [0.717, 1.165) is 34.8 Å². The highest BCUT2D eigenvalue weighted by molar-refractivity contribution is 6.00. The number of fused-ring (bicyclic) bond motifs is 2. The van der Waals surface area contributed by atoms with E-state index in [1.165, 1.54) is 6.33 Å². The smallest absolute Gasteiger partial charge is 0.267 e. The van der Waals surface area contributed by atoms with Gasteiger partial charge < -0.3 is 20.4 Å². The average molecular weight is 377 g/mol. The monoisotopic (exact) mass is 377 g/mol. The summed E-state index contributed by atoms with van der Waals surface area (Å²) in [5.74, 6) is 0.491. The lowest BCUT2D eigenvalue weighted by Gasteiger charge is -2.22. The van der Waals surface area contributed by atoms with Crippen LogP contribution in [0.1, 0.15) is 23.3 Å². The minimum atomic E-state index is -0.143. The van der Waals surface area contributed by atoms with E-state index < -0.39 is 0 Å². The third kappa shape index (κ3) is 3.16. The number of hydrogen-bond acceptors (Lipinski definition) is 6. The first kappa shape index (κ1) is 16.7. The van der Waals surface area contributed by atoms with Gasteiger partial charge in [0.2, 0.25) is 0 Å². The standard InChI is InChI=1S/C19H19N7O2/c27-19(24-12-3-5-28-6-4-12)16-8-14-17(20-10-21-18(14)25-16)23-13-1-2-15-11(7-13)9-22-26-15/h1-2,7-10,12H,3-6H2,(H,22,26)(H,24,27)(H2,20,21,23,25). The topological polar surface area (TPSA) is 121 Å². The molecule has 1 aliphatic rings. The SMILES string of the molecule is O=C(NC1CCOCC1)c1cc2c(Nc3ccc4[nH]ncc4c3)ncnc2[nH]1. The second kappa shape index (κ2) is 6.93. The number of H-pyrrole nitrogens is 2. The van der Waals surface area contributed by atoms with E-state index in [-0.39, 0.29) is 11.9 Å². The summed E-state index contributed by atoms with van der Waals surface area (Å²) in [5.41, 5.74) is 2.92. The fraction of sp³-hybridized carbons (Fsp3) is 0.263. The van der Waals surface area contributed by atoms with Crippen molar-refractivity contribution in [1.82, 2.24) is 30.5 Å². The molecule has 142 valence electrons. The Balaban J connectivity index is 1.41. The summed E-state index contributed by atoms with van der Waals surface area (Å²) in [4.78, 5) is 24.3. The van der Waals surface area contributed by atoms with Crippen molar-refractivity contribution in [2.75, 3.05) is 18.5 Å². The number of nitrogens with zero attached hydrogens (tertiary/aromatic N) is 3. The zero-order valence-corrected chi connectivity index (χ0v) is 15.0. The van der Waals surface area contributed by atoms with Gasteiger partial charge in [-0.1, -0.05) is 0 Å². The maximum atomic E-state index is 12.6. The molecule has 28 heavy (non-hydrogen) atoms. The van der Waals surface area contributed by atoms with Gasteiger partial charge in [-0.05, 0) is 37.1 Å². The lowest BCUT2D eigenvalue weighted by molar-refractivity contribution is 0.0694. The van der Waals surface area contributed by atoms with Gasteiger partial charge in [0.1, 0.15) is 23.5 Å². The Bertz CT molecular complexity index is 1140. The van der Waals surface area contributed by atoms with E-state index in [0.29, 0.717) is 30.4 Å². The summed E-state index contributed by atoms with van der Waals surface area (Å²) in [5, 5.41) is 15.1. The van der Waals surface area contributed by atoms with Crippen LogP contribution in [0.15, 0.2) is 36.8 Å². The largest absolute Gasteiger partial charge is 0.381 e. The van der Waals surface area contributed by atoms with Gasteiger partial charge in [-0.2, -0.15) is 5.10 Å². The molecule has 0 unspecified atom stereocenters. The molecule has 1 aliphatic heterocycles. The van der Waals surface area contributed by atoms with Crippen LogP contribution in [0.2, 0.25) is 0 Å². The van der Waals surface area contributed by atoms with E-state index in [4.69, 9.17) is 4.74 Å². The van der Waals surface area contributed by atoms with E-state index in [9.17, 15) is 4.79 Å². The van der Waals surface area contributed by atoms with Gasteiger partial charge in [-0.3, -0.25) is 9.89 Å². The number of benzene rings is 1. The molecule has 1 saturated heterocycles. The molecule has 0 spiro atoms. The van der Waals surface area contributed by atoms with E-state index >= 15 is 0 Å². The van der Waals surface area contributed by atoms with Crippen LogP contribution in [0.5, 0.6) is 0 Å². The Kier molecular flexibility index (Phi) is 4.13. The first-order valence-electron chi connectivity index (χ1n) is 9.19. The number of hydrogen-bond donors (Lipinski definition) is 4.